The first-order valence-corrected chi connectivity index (χ1v) is 2.86. The molecule has 0 saturated heterocycles. The molecule has 0 unspecified atom stereocenters. The molecule has 0 aliphatic heterocycles. The van der Waals surface area contributed by atoms with Crippen LogP contribution in [0, 0.1) is 0 Å². The molecule has 1 nitrogen and oxygen atoms in total. The summed E-state index contributed by atoms with van der Waals surface area (Å²) >= 11 is 0. The van der Waals surface area contributed by atoms with Crippen molar-refractivity contribution in [3.63, 3.8) is 0 Å². The van der Waals surface area contributed by atoms with Gasteiger partial charge in [0.1, 0.15) is 0 Å². The smallest absolute Gasteiger partial charge is 0.00365 e. The van der Waals surface area contributed by atoms with E-state index in [4.69, 9.17) is 5.73 Å². The SMILES string of the molecule is CC(C)=C=CCCN. The average Bonchev–Trinajstić information content (AvgIpc) is 1.66. The fourth-order valence-corrected chi connectivity index (χ4v) is 0.360. The van der Waals surface area contributed by atoms with E-state index in [1.165, 1.54) is 5.57 Å². The number of rotatable bonds is 2. The third kappa shape index (κ3) is 5.48. The zero-order chi connectivity index (χ0) is 6.41. The molecule has 1 heteroatoms. The van der Waals surface area contributed by atoms with Gasteiger partial charge in [0, 0.05) is 0 Å². The molecule has 0 aliphatic rings. The van der Waals surface area contributed by atoms with Gasteiger partial charge in [-0.1, -0.05) is 0 Å². The topological polar surface area (TPSA) is 26.0 Å². The summed E-state index contributed by atoms with van der Waals surface area (Å²) in [5.74, 6) is 0. The van der Waals surface area contributed by atoms with E-state index in [9.17, 15) is 0 Å². The molecule has 8 heavy (non-hydrogen) atoms. The fraction of sp³-hybridized carbons (Fsp3) is 0.571. The van der Waals surface area contributed by atoms with Gasteiger partial charge in [-0.25, -0.2) is 0 Å². The van der Waals surface area contributed by atoms with Crippen molar-refractivity contribution in [2.45, 2.75) is 20.3 Å². The molecule has 0 heterocycles. The van der Waals surface area contributed by atoms with Gasteiger partial charge < -0.3 is 5.73 Å². The molecule has 0 saturated carbocycles. The van der Waals surface area contributed by atoms with E-state index in [1.54, 1.807) is 0 Å². The minimum atomic E-state index is 0.722. The van der Waals surface area contributed by atoms with Crippen LogP contribution in [-0.2, 0) is 0 Å². The zero-order valence-corrected chi connectivity index (χ0v) is 5.57. The lowest BCUT2D eigenvalue weighted by atomic mass is 10.3. The van der Waals surface area contributed by atoms with Crippen LogP contribution in [0.15, 0.2) is 17.4 Å². The van der Waals surface area contributed by atoms with Gasteiger partial charge in [0.25, 0.3) is 0 Å². The molecule has 0 aromatic rings. The largest absolute Gasteiger partial charge is 0.330 e. The average molecular weight is 111 g/mol. The second-order valence-electron chi connectivity index (χ2n) is 1.93. The highest BCUT2D eigenvalue weighted by Crippen LogP contribution is 1.84. The first-order valence-electron chi connectivity index (χ1n) is 2.86. The quantitative estimate of drug-likeness (QED) is 0.536. The van der Waals surface area contributed by atoms with E-state index >= 15 is 0 Å². The summed E-state index contributed by atoms with van der Waals surface area (Å²) in [6, 6.07) is 0. The fourth-order valence-electron chi connectivity index (χ4n) is 0.360. The number of hydrogen-bond acceptors (Lipinski definition) is 1. The Balaban J connectivity index is 3.48. The van der Waals surface area contributed by atoms with Crippen LogP contribution in [0.1, 0.15) is 20.3 Å². The standard InChI is InChI=1S/C7H13N/c1-7(2)5-3-4-6-8/h3H,4,6,8H2,1-2H3. The monoisotopic (exact) mass is 111 g/mol. The van der Waals surface area contributed by atoms with Gasteiger partial charge in [-0.15, -0.1) is 5.73 Å². The van der Waals surface area contributed by atoms with Crippen LogP contribution in [0.3, 0.4) is 0 Å². The summed E-state index contributed by atoms with van der Waals surface area (Å²) < 4.78 is 0. The van der Waals surface area contributed by atoms with E-state index in [1.807, 2.05) is 19.9 Å². The minimum Gasteiger partial charge on any atom is -0.330 e. The van der Waals surface area contributed by atoms with Gasteiger partial charge in [-0.3, -0.25) is 0 Å². The van der Waals surface area contributed by atoms with E-state index in [0.29, 0.717) is 0 Å². The Bertz CT molecular complexity index is 104. The van der Waals surface area contributed by atoms with Crippen LogP contribution >= 0.6 is 0 Å². The number of nitrogens with two attached hydrogens (primary N) is 1. The van der Waals surface area contributed by atoms with Crippen LogP contribution in [0.2, 0.25) is 0 Å². The molecule has 0 atom stereocenters. The Kier molecular flexibility index (Phi) is 4.33. The lowest BCUT2D eigenvalue weighted by Crippen LogP contribution is -1.94. The molecule has 0 rings (SSSR count). The van der Waals surface area contributed by atoms with Crippen molar-refractivity contribution in [2.24, 2.45) is 5.73 Å². The highest BCUT2D eigenvalue weighted by atomic mass is 14.5. The summed E-state index contributed by atoms with van der Waals surface area (Å²) in [5, 5.41) is 0. The molecule has 0 radical (unpaired) electrons. The molecule has 0 aromatic carbocycles. The molecule has 0 amide bonds. The lowest BCUT2D eigenvalue weighted by Gasteiger charge is -1.79. The Morgan fingerprint density at radius 1 is 1.62 bits per heavy atom. The maximum absolute atomic E-state index is 5.23. The summed E-state index contributed by atoms with van der Waals surface area (Å²) in [4.78, 5) is 0. The van der Waals surface area contributed by atoms with Crippen LogP contribution in [0.5, 0.6) is 0 Å². The molecule has 0 aliphatic carbocycles. The molecular weight excluding hydrogens is 98.1 g/mol. The van der Waals surface area contributed by atoms with Gasteiger partial charge >= 0.3 is 0 Å². The molecule has 0 fully saturated rings. The highest BCUT2D eigenvalue weighted by molar-refractivity contribution is 4.93. The predicted octanol–water partition coefficient (Wildman–Crippen LogP) is 1.46. The second-order valence-corrected chi connectivity index (χ2v) is 1.93. The third-order valence-corrected chi connectivity index (χ3v) is 0.702. The molecule has 46 valence electrons. The van der Waals surface area contributed by atoms with E-state index in [-0.39, 0.29) is 0 Å². The van der Waals surface area contributed by atoms with Crippen LogP contribution in [0.4, 0.5) is 0 Å². The predicted molar refractivity (Wildman–Crippen MR) is 36.6 cm³/mol. The third-order valence-electron chi connectivity index (χ3n) is 0.702. The minimum absolute atomic E-state index is 0.722. The van der Waals surface area contributed by atoms with E-state index in [2.05, 4.69) is 5.73 Å². The molecule has 0 bridgehead atoms. The highest BCUT2D eigenvalue weighted by Gasteiger charge is 1.69. The van der Waals surface area contributed by atoms with Gasteiger partial charge in [0.05, 0.1) is 0 Å². The zero-order valence-electron chi connectivity index (χ0n) is 5.57. The second kappa shape index (κ2) is 4.63. The van der Waals surface area contributed by atoms with E-state index in [0.717, 1.165) is 13.0 Å². The Morgan fingerprint density at radius 3 is 2.62 bits per heavy atom. The van der Waals surface area contributed by atoms with Crippen molar-refractivity contribution in [3.05, 3.63) is 17.4 Å². The van der Waals surface area contributed by atoms with Gasteiger partial charge in [-0.2, -0.15) is 0 Å². The first kappa shape index (κ1) is 7.48. The van der Waals surface area contributed by atoms with Crippen molar-refractivity contribution < 1.29 is 0 Å². The summed E-state index contributed by atoms with van der Waals surface area (Å²) in [7, 11) is 0. The summed E-state index contributed by atoms with van der Waals surface area (Å²) in [6.07, 6.45) is 2.90. The lowest BCUT2D eigenvalue weighted by molar-refractivity contribution is 1.01. The van der Waals surface area contributed by atoms with Gasteiger partial charge in [0.2, 0.25) is 0 Å². The van der Waals surface area contributed by atoms with Gasteiger partial charge in [-0.05, 0) is 38.5 Å². The van der Waals surface area contributed by atoms with Crippen molar-refractivity contribution in [1.29, 1.82) is 0 Å². The van der Waals surface area contributed by atoms with Crippen molar-refractivity contribution in [3.8, 4) is 0 Å². The van der Waals surface area contributed by atoms with Crippen molar-refractivity contribution in [1.82, 2.24) is 0 Å². The Hall–Kier alpha value is -0.520. The first-order chi connectivity index (χ1) is 3.77. The molecule has 2 N–H and O–H groups in total. The molecule has 0 spiro atoms. The van der Waals surface area contributed by atoms with Crippen molar-refractivity contribution in [2.75, 3.05) is 6.54 Å². The normalized spacial score (nSPS) is 7.88. The Labute approximate surface area is 50.9 Å². The number of hydrogen-bond donors (Lipinski definition) is 1. The summed E-state index contributed by atoms with van der Waals surface area (Å²) in [6.45, 7) is 4.76. The van der Waals surface area contributed by atoms with E-state index < -0.39 is 0 Å². The maximum Gasteiger partial charge on any atom is -0.00365 e. The van der Waals surface area contributed by atoms with Crippen LogP contribution in [0.25, 0.3) is 0 Å². The Morgan fingerprint density at radius 2 is 2.25 bits per heavy atom. The maximum atomic E-state index is 5.23. The van der Waals surface area contributed by atoms with Crippen LogP contribution in [-0.4, -0.2) is 6.54 Å². The van der Waals surface area contributed by atoms with Crippen LogP contribution < -0.4 is 5.73 Å². The molecular formula is C7H13N. The van der Waals surface area contributed by atoms with Crippen molar-refractivity contribution >= 4 is 0 Å². The summed E-state index contributed by atoms with van der Waals surface area (Å²) in [5.41, 5.74) is 9.50. The van der Waals surface area contributed by atoms with Gasteiger partial charge in [0.15, 0.2) is 0 Å². The molecule has 0 aromatic heterocycles.